The lowest BCUT2D eigenvalue weighted by molar-refractivity contribution is -0.385. The van der Waals surface area contributed by atoms with E-state index in [0.717, 1.165) is 17.5 Å². The number of fused-ring (bicyclic) bond motifs is 1. The average molecular weight is 376 g/mol. The van der Waals surface area contributed by atoms with Crippen molar-refractivity contribution < 1.29 is 9.66 Å². The van der Waals surface area contributed by atoms with Gasteiger partial charge in [-0.3, -0.25) is 10.1 Å². The largest absolute Gasteiger partial charge is 0.487 e. The topological polar surface area (TPSA) is 94.0 Å². The van der Waals surface area contributed by atoms with Crippen molar-refractivity contribution >= 4 is 28.4 Å². The number of allylic oxidation sites excluding steroid dienone is 1. The summed E-state index contributed by atoms with van der Waals surface area (Å²) >= 11 is 0. The van der Waals surface area contributed by atoms with Crippen LogP contribution >= 0.6 is 0 Å². The van der Waals surface area contributed by atoms with E-state index in [1.807, 2.05) is 42.7 Å². The molecule has 0 N–H and O–H groups in total. The second-order valence-corrected chi connectivity index (χ2v) is 6.17. The van der Waals surface area contributed by atoms with Gasteiger partial charge < -0.3 is 9.30 Å². The highest BCUT2D eigenvalue weighted by atomic mass is 16.6. The highest BCUT2D eigenvalue weighted by Gasteiger charge is 2.17. The fourth-order valence-electron chi connectivity index (χ4n) is 3.02. The maximum absolute atomic E-state index is 11.4. The number of rotatable bonds is 7. The summed E-state index contributed by atoms with van der Waals surface area (Å²) in [5.41, 5.74) is 2.50. The third-order valence-electron chi connectivity index (χ3n) is 4.28. The van der Waals surface area contributed by atoms with Gasteiger partial charge >= 0.3 is 5.69 Å². The number of nitro groups is 1. The molecular weight excluding hydrogens is 356 g/mol. The van der Waals surface area contributed by atoms with Crippen LogP contribution in [0.25, 0.3) is 22.7 Å². The SMILES string of the molecule is CCCOc1ccc(/C=C(/C#N)c2nc3ccccc3n2CC)cc1[N+](=O)[O-]. The fraction of sp³-hybridized carbons (Fsp3) is 0.238. The van der Waals surface area contributed by atoms with Crippen molar-refractivity contribution in [2.75, 3.05) is 6.61 Å². The van der Waals surface area contributed by atoms with Gasteiger partial charge in [0.15, 0.2) is 11.6 Å². The normalized spacial score (nSPS) is 11.4. The summed E-state index contributed by atoms with van der Waals surface area (Å²) in [6, 6.07) is 14.5. The Balaban J connectivity index is 2.08. The van der Waals surface area contributed by atoms with Crippen LogP contribution in [0.5, 0.6) is 5.75 Å². The van der Waals surface area contributed by atoms with Gasteiger partial charge in [0.25, 0.3) is 0 Å². The molecule has 7 heteroatoms. The monoisotopic (exact) mass is 376 g/mol. The van der Waals surface area contributed by atoms with E-state index in [2.05, 4.69) is 11.1 Å². The summed E-state index contributed by atoms with van der Waals surface area (Å²) in [5.74, 6) is 0.767. The predicted octanol–water partition coefficient (Wildman–Crippen LogP) is 4.82. The lowest BCUT2D eigenvalue weighted by atomic mass is 10.1. The number of imidazole rings is 1. The Bertz CT molecular complexity index is 1090. The van der Waals surface area contributed by atoms with Gasteiger partial charge in [-0.15, -0.1) is 0 Å². The molecule has 0 unspecified atom stereocenters. The van der Waals surface area contributed by atoms with Gasteiger partial charge in [0.1, 0.15) is 6.07 Å². The minimum atomic E-state index is -0.477. The summed E-state index contributed by atoms with van der Waals surface area (Å²) in [6.45, 7) is 4.97. The first kappa shape index (κ1) is 19.1. The van der Waals surface area contributed by atoms with Crippen molar-refractivity contribution in [3.05, 3.63) is 64.0 Å². The number of nitrogens with zero attached hydrogens (tertiary/aromatic N) is 4. The summed E-state index contributed by atoms with van der Waals surface area (Å²) in [5, 5.41) is 21.1. The molecule has 3 aromatic rings. The Kier molecular flexibility index (Phi) is 5.70. The molecule has 28 heavy (non-hydrogen) atoms. The molecular formula is C21H20N4O3. The first-order valence-corrected chi connectivity index (χ1v) is 9.07. The minimum Gasteiger partial charge on any atom is -0.487 e. The van der Waals surface area contributed by atoms with E-state index in [4.69, 9.17) is 4.74 Å². The molecule has 7 nitrogen and oxygen atoms in total. The van der Waals surface area contributed by atoms with Crippen molar-refractivity contribution in [2.45, 2.75) is 26.8 Å². The lowest BCUT2D eigenvalue weighted by Crippen LogP contribution is -2.01. The molecule has 2 aromatic carbocycles. The average Bonchev–Trinajstić information content (AvgIpc) is 3.09. The molecule has 0 aliphatic carbocycles. The number of aromatic nitrogens is 2. The molecule has 0 amide bonds. The van der Waals surface area contributed by atoms with Gasteiger partial charge in [-0.2, -0.15) is 5.26 Å². The van der Waals surface area contributed by atoms with Crippen LogP contribution in [0.1, 0.15) is 31.7 Å². The molecule has 0 saturated heterocycles. The van der Waals surface area contributed by atoms with Crippen LogP contribution in [0, 0.1) is 21.4 Å². The second-order valence-electron chi connectivity index (χ2n) is 6.17. The zero-order valence-corrected chi connectivity index (χ0v) is 15.8. The van der Waals surface area contributed by atoms with Crippen LogP contribution in [0.3, 0.4) is 0 Å². The van der Waals surface area contributed by atoms with Crippen molar-refractivity contribution in [3.63, 3.8) is 0 Å². The van der Waals surface area contributed by atoms with Gasteiger partial charge in [0, 0.05) is 12.6 Å². The second kappa shape index (κ2) is 8.35. The van der Waals surface area contributed by atoms with Crippen LogP contribution in [0.2, 0.25) is 0 Å². The summed E-state index contributed by atoms with van der Waals surface area (Å²) in [7, 11) is 0. The number of hydrogen-bond donors (Lipinski definition) is 0. The molecule has 0 atom stereocenters. The lowest BCUT2D eigenvalue weighted by Gasteiger charge is -2.07. The van der Waals surface area contributed by atoms with Gasteiger partial charge in [-0.25, -0.2) is 4.98 Å². The summed E-state index contributed by atoms with van der Waals surface area (Å²) in [6.07, 6.45) is 2.37. The number of benzene rings is 2. The molecule has 0 aliphatic heterocycles. The highest BCUT2D eigenvalue weighted by Crippen LogP contribution is 2.30. The van der Waals surface area contributed by atoms with Crippen LogP contribution in [-0.2, 0) is 6.54 Å². The van der Waals surface area contributed by atoms with Gasteiger partial charge in [0.2, 0.25) is 0 Å². The van der Waals surface area contributed by atoms with Gasteiger partial charge in [0.05, 0.1) is 28.1 Å². The Labute approximate surface area is 162 Å². The molecule has 142 valence electrons. The number of aryl methyl sites for hydroxylation is 1. The zero-order valence-electron chi connectivity index (χ0n) is 15.8. The Hall–Kier alpha value is -3.66. The molecule has 0 fully saturated rings. The van der Waals surface area contributed by atoms with E-state index in [-0.39, 0.29) is 11.4 Å². The van der Waals surface area contributed by atoms with E-state index in [9.17, 15) is 15.4 Å². The maximum atomic E-state index is 11.4. The van der Waals surface area contributed by atoms with E-state index >= 15 is 0 Å². The molecule has 0 spiro atoms. The first-order valence-electron chi connectivity index (χ1n) is 9.07. The highest BCUT2D eigenvalue weighted by molar-refractivity contribution is 5.91. The zero-order chi connectivity index (χ0) is 20.1. The molecule has 3 rings (SSSR count). The van der Waals surface area contributed by atoms with E-state index in [0.29, 0.717) is 30.1 Å². The molecule has 1 aromatic heterocycles. The van der Waals surface area contributed by atoms with E-state index < -0.39 is 4.92 Å². The first-order chi connectivity index (χ1) is 13.6. The van der Waals surface area contributed by atoms with E-state index in [1.165, 1.54) is 6.07 Å². The molecule has 1 heterocycles. The van der Waals surface area contributed by atoms with E-state index in [1.54, 1.807) is 18.2 Å². The van der Waals surface area contributed by atoms with Crippen LogP contribution in [-0.4, -0.2) is 21.1 Å². The maximum Gasteiger partial charge on any atom is 0.311 e. The quantitative estimate of drug-likeness (QED) is 0.335. The summed E-state index contributed by atoms with van der Waals surface area (Å²) < 4.78 is 7.41. The van der Waals surface area contributed by atoms with Crippen molar-refractivity contribution in [1.29, 1.82) is 5.26 Å². The predicted molar refractivity (Wildman–Crippen MR) is 108 cm³/mol. The third kappa shape index (κ3) is 3.71. The molecule has 0 radical (unpaired) electrons. The fourth-order valence-corrected chi connectivity index (χ4v) is 3.02. The number of nitro benzene ring substituents is 1. The smallest absolute Gasteiger partial charge is 0.311 e. The summed E-state index contributed by atoms with van der Waals surface area (Å²) in [4.78, 5) is 15.5. The molecule has 0 saturated carbocycles. The standard InChI is InChI=1S/C21H20N4O3/c1-3-11-28-20-10-9-15(13-19(20)25(26)27)12-16(14-22)21-23-17-7-5-6-8-18(17)24(21)4-2/h5-10,12-13H,3-4,11H2,1-2H3/b16-12-. The Morgan fingerprint density at radius 3 is 2.79 bits per heavy atom. The molecule has 0 aliphatic rings. The number of hydrogen-bond acceptors (Lipinski definition) is 5. The van der Waals surface area contributed by atoms with Gasteiger partial charge in [-0.05, 0) is 43.2 Å². The Morgan fingerprint density at radius 1 is 1.32 bits per heavy atom. The van der Waals surface area contributed by atoms with Crippen molar-refractivity contribution in [1.82, 2.24) is 9.55 Å². The van der Waals surface area contributed by atoms with Crippen molar-refractivity contribution in [2.24, 2.45) is 0 Å². The van der Waals surface area contributed by atoms with Crippen LogP contribution in [0.15, 0.2) is 42.5 Å². The number of nitriles is 1. The number of ether oxygens (including phenoxy) is 1. The molecule has 0 bridgehead atoms. The van der Waals surface area contributed by atoms with Crippen LogP contribution in [0.4, 0.5) is 5.69 Å². The number of para-hydroxylation sites is 2. The van der Waals surface area contributed by atoms with Crippen LogP contribution < -0.4 is 4.74 Å². The Morgan fingerprint density at radius 2 is 2.11 bits per heavy atom. The third-order valence-corrected chi connectivity index (χ3v) is 4.28. The minimum absolute atomic E-state index is 0.122. The van der Waals surface area contributed by atoms with Crippen molar-refractivity contribution in [3.8, 4) is 11.8 Å². The van der Waals surface area contributed by atoms with Gasteiger partial charge in [-0.1, -0.05) is 25.1 Å².